The molecule has 0 radical (unpaired) electrons. The largest absolute Gasteiger partial charge is 0.507 e. The Hall–Kier alpha value is -4.47. The van der Waals surface area contributed by atoms with E-state index in [-0.39, 0.29) is 31.5 Å². The van der Waals surface area contributed by atoms with Crippen molar-refractivity contribution in [2.45, 2.75) is 26.7 Å². The number of methoxy groups -OCH3 is 2. The summed E-state index contributed by atoms with van der Waals surface area (Å²) in [5.74, 6) is 1.85. The molecule has 0 atom stereocenters. The van der Waals surface area contributed by atoms with Crippen LogP contribution < -0.4 is 23.7 Å². The van der Waals surface area contributed by atoms with Crippen molar-refractivity contribution in [1.82, 2.24) is 9.97 Å². The van der Waals surface area contributed by atoms with E-state index < -0.39 is 5.97 Å². The van der Waals surface area contributed by atoms with Gasteiger partial charge in [0, 0.05) is 35.3 Å². The summed E-state index contributed by atoms with van der Waals surface area (Å²) in [6.45, 7) is 4.42. The standard InChI is InChI=1S/C28H30N2O8/c1-5-9-36-27-26(20-8-7-19(33-3)13-22(20)31)21(29-15-30-27)11-18(28(32)35-6-2)10-17-12-24-25(38-16-37-24)14-23(17)34-4/h7-8,11-15,31H,5-6,9-10,16H2,1-4H3. The summed E-state index contributed by atoms with van der Waals surface area (Å²) in [5.41, 5.74) is 2.22. The number of fused-ring (bicyclic) bond motifs is 1. The van der Waals surface area contributed by atoms with Crippen molar-refractivity contribution >= 4 is 12.0 Å². The molecule has 0 saturated heterocycles. The molecule has 0 aliphatic carbocycles. The van der Waals surface area contributed by atoms with Crippen molar-refractivity contribution in [2.75, 3.05) is 34.2 Å². The summed E-state index contributed by atoms with van der Waals surface area (Å²) < 4.78 is 33.0. The molecule has 2 heterocycles. The van der Waals surface area contributed by atoms with Gasteiger partial charge in [0.05, 0.1) is 38.7 Å². The third-order valence-corrected chi connectivity index (χ3v) is 5.76. The van der Waals surface area contributed by atoms with Crippen molar-refractivity contribution in [2.24, 2.45) is 0 Å². The number of phenols is 1. The molecule has 0 unspecified atom stereocenters. The SMILES string of the molecule is CCCOc1ncnc(C=C(Cc2cc3c(cc2OC)OCO3)C(=O)OCC)c1-c1ccc(OC)cc1O. The van der Waals surface area contributed by atoms with Gasteiger partial charge in [-0.15, -0.1) is 0 Å². The first kappa shape index (κ1) is 26.6. The lowest BCUT2D eigenvalue weighted by atomic mass is 9.98. The van der Waals surface area contributed by atoms with Crippen molar-refractivity contribution < 1.29 is 38.3 Å². The molecule has 0 amide bonds. The van der Waals surface area contributed by atoms with Crippen LogP contribution in [-0.2, 0) is 16.0 Å². The minimum atomic E-state index is -0.522. The van der Waals surface area contributed by atoms with E-state index >= 15 is 0 Å². The molecule has 2 aromatic carbocycles. The highest BCUT2D eigenvalue weighted by atomic mass is 16.7. The van der Waals surface area contributed by atoms with Crippen molar-refractivity contribution in [1.29, 1.82) is 0 Å². The van der Waals surface area contributed by atoms with E-state index in [0.29, 0.717) is 57.6 Å². The van der Waals surface area contributed by atoms with Gasteiger partial charge in [0.2, 0.25) is 12.7 Å². The van der Waals surface area contributed by atoms with E-state index in [0.717, 1.165) is 6.42 Å². The summed E-state index contributed by atoms with van der Waals surface area (Å²) in [7, 11) is 3.06. The van der Waals surface area contributed by atoms with Gasteiger partial charge in [-0.25, -0.2) is 14.8 Å². The van der Waals surface area contributed by atoms with Crippen LogP contribution in [0.5, 0.6) is 34.6 Å². The van der Waals surface area contributed by atoms with Crippen molar-refractivity contribution in [3.63, 3.8) is 0 Å². The molecule has 0 bridgehead atoms. The topological polar surface area (TPSA) is 118 Å². The van der Waals surface area contributed by atoms with Crippen LogP contribution in [0.1, 0.15) is 31.5 Å². The van der Waals surface area contributed by atoms with Crippen molar-refractivity contribution in [3.8, 4) is 45.8 Å². The molecule has 4 rings (SSSR count). The fourth-order valence-corrected chi connectivity index (χ4v) is 3.97. The second-order valence-corrected chi connectivity index (χ2v) is 8.25. The monoisotopic (exact) mass is 522 g/mol. The average molecular weight is 523 g/mol. The van der Waals surface area contributed by atoms with Gasteiger partial charge < -0.3 is 33.5 Å². The second-order valence-electron chi connectivity index (χ2n) is 8.25. The zero-order valence-electron chi connectivity index (χ0n) is 21.8. The number of phenolic OH excluding ortho intramolecular Hbond substituents is 1. The van der Waals surface area contributed by atoms with Crippen LogP contribution in [0.15, 0.2) is 42.2 Å². The van der Waals surface area contributed by atoms with Gasteiger partial charge in [0.15, 0.2) is 11.5 Å². The second kappa shape index (κ2) is 12.2. The lowest BCUT2D eigenvalue weighted by Gasteiger charge is -2.15. The molecule has 38 heavy (non-hydrogen) atoms. The number of nitrogens with zero attached hydrogens (tertiary/aromatic N) is 2. The number of aromatic nitrogens is 2. The van der Waals surface area contributed by atoms with Gasteiger partial charge in [-0.2, -0.15) is 0 Å². The number of hydrogen-bond donors (Lipinski definition) is 1. The Morgan fingerprint density at radius 1 is 1.08 bits per heavy atom. The van der Waals surface area contributed by atoms with E-state index in [1.807, 2.05) is 6.92 Å². The number of hydrogen-bond acceptors (Lipinski definition) is 10. The molecule has 0 saturated carbocycles. The molecule has 1 aromatic heterocycles. The first-order chi connectivity index (χ1) is 18.5. The highest BCUT2D eigenvalue weighted by molar-refractivity contribution is 5.96. The zero-order chi connectivity index (χ0) is 27.1. The lowest BCUT2D eigenvalue weighted by Crippen LogP contribution is -2.11. The Morgan fingerprint density at radius 3 is 2.55 bits per heavy atom. The number of rotatable bonds is 11. The third-order valence-electron chi connectivity index (χ3n) is 5.76. The molecular formula is C28H30N2O8. The highest BCUT2D eigenvalue weighted by Crippen LogP contribution is 2.41. The van der Waals surface area contributed by atoms with Gasteiger partial charge in [0.25, 0.3) is 0 Å². The van der Waals surface area contributed by atoms with Crippen LogP contribution in [0.3, 0.4) is 0 Å². The normalized spacial score (nSPS) is 12.3. The Morgan fingerprint density at radius 2 is 1.87 bits per heavy atom. The molecule has 200 valence electrons. The van der Waals surface area contributed by atoms with Crippen LogP contribution in [0.2, 0.25) is 0 Å². The lowest BCUT2D eigenvalue weighted by molar-refractivity contribution is -0.138. The molecule has 0 spiro atoms. The van der Waals surface area contributed by atoms with Crippen LogP contribution in [0, 0.1) is 0 Å². The minimum absolute atomic E-state index is 0.0507. The molecule has 1 N–H and O–H groups in total. The summed E-state index contributed by atoms with van der Waals surface area (Å²) in [6, 6.07) is 8.39. The number of esters is 1. The maximum absolute atomic E-state index is 13.1. The van der Waals surface area contributed by atoms with Gasteiger partial charge in [0.1, 0.15) is 23.6 Å². The predicted octanol–water partition coefficient (Wildman–Crippen LogP) is 4.57. The number of aromatic hydroxyl groups is 1. The molecule has 10 heteroatoms. The summed E-state index contributed by atoms with van der Waals surface area (Å²) >= 11 is 0. The molecule has 0 fully saturated rings. The predicted molar refractivity (Wildman–Crippen MR) is 139 cm³/mol. The third kappa shape index (κ3) is 5.74. The molecular weight excluding hydrogens is 492 g/mol. The zero-order valence-corrected chi connectivity index (χ0v) is 21.8. The van der Waals surface area contributed by atoms with Crippen LogP contribution in [0.25, 0.3) is 17.2 Å². The number of benzene rings is 2. The van der Waals surface area contributed by atoms with Gasteiger partial charge in [-0.05, 0) is 37.6 Å². The first-order valence-corrected chi connectivity index (χ1v) is 12.2. The smallest absolute Gasteiger partial charge is 0.334 e. The highest BCUT2D eigenvalue weighted by Gasteiger charge is 2.23. The van der Waals surface area contributed by atoms with E-state index in [9.17, 15) is 9.90 Å². The maximum Gasteiger partial charge on any atom is 0.334 e. The Bertz CT molecular complexity index is 1340. The van der Waals surface area contributed by atoms with Gasteiger partial charge in [-0.3, -0.25) is 0 Å². The summed E-state index contributed by atoms with van der Waals surface area (Å²) in [4.78, 5) is 21.9. The average Bonchev–Trinajstić information content (AvgIpc) is 3.38. The van der Waals surface area contributed by atoms with Crippen molar-refractivity contribution in [3.05, 3.63) is 53.5 Å². The quantitative estimate of drug-likeness (QED) is 0.283. The molecule has 10 nitrogen and oxygen atoms in total. The maximum atomic E-state index is 13.1. The Kier molecular flexibility index (Phi) is 8.52. The summed E-state index contributed by atoms with van der Waals surface area (Å²) in [6.07, 6.45) is 3.87. The van der Waals surface area contributed by atoms with Crippen LogP contribution >= 0.6 is 0 Å². The van der Waals surface area contributed by atoms with Gasteiger partial charge in [-0.1, -0.05) is 6.92 Å². The van der Waals surface area contributed by atoms with E-state index in [1.54, 1.807) is 44.4 Å². The van der Waals surface area contributed by atoms with Crippen LogP contribution in [0.4, 0.5) is 0 Å². The molecule has 1 aliphatic heterocycles. The van der Waals surface area contributed by atoms with Gasteiger partial charge >= 0.3 is 5.97 Å². The number of carbonyl (C=O) groups excluding carboxylic acids is 1. The fraction of sp³-hybridized carbons (Fsp3) is 0.321. The van der Waals surface area contributed by atoms with Crippen LogP contribution in [-0.4, -0.2) is 55.3 Å². The van der Waals surface area contributed by atoms with E-state index in [1.165, 1.54) is 19.5 Å². The van der Waals surface area contributed by atoms with E-state index in [2.05, 4.69) is 9.97 Å². The summed E-state index contributed by atoms with van der Waals surface area (Å²) in [5, 5.41) is 10.8. The van der Waals surface area contributed by atoms with E-state index in [4.69, 9.17) is 28.4 Å². The molecule has 3 aromatic rings. The first-order valence-electron chi connectivity index (χ1n) is 12.2. The number of carbonyl (C=O) groups is 1. The Labute approximate surface area is 220 Å². The number of ether oxygens (including phenoxy) is 6. The Balaban J connectivity index is 1.85. The fourth-order valence-electron chi connectivity index (χ4n) is 3.97. The minimum Gasteiger partial charge on any atom is -0.507 e. The molecule has 1 aliphatic rings.